The van der Waals surface area contributed by atoms with Crippen LogP contribution < -0.4 is 5.32 Å². The molecule has 0 bridgehead atoms. The summed E-state index contributed by atoms with van der Waals surface area (Å²) in [4.78, 5) is 20.5. The van der Waals surface area contributed by atoms with Crippen LogP contribution in [0, 0.1) is 18.8 Å². The first-order valence-electron chi connectivity index (χ1n) is 7.48. The number of aryl methyl sites for hydroxylation is 1. The number of nitrogens with zero attached hydrogens (tertiary/aromatic N) is 2. The van der Waals surface area contributed by atoms with Crippen LogP contribution in [0.4, 0.5) is 5.69 Å². The van der Waals surface area contributed by atoms with E-state index in [4.69, 9.17) is 0 Å². The Hall–Kier alpha value is -3.45. The first-order chi connectivity index (χ1) is 11.7. The number of carbonyl (C=O) groups excluding carboxylic acids is 1. The van der Waals surface area contributed by atoms with Gasteiger partial charge in [-0.05, 0) is 55.3 Å². The van der Waals surface area contributed by atoms with Crippen LogP contribution in [0.2, 0.25) is 0 Å². The Morgan fingerprint density at radius 3 is 2.67 bits per heavy atom. The zero-order valence-corrected chi connectivity index (χ0v) is 13.2. The molecule has 3 rings (SSSR count). The number of hydrogen-bond donors (Lipinski definition) is 1. The monoisotopic (exact) mass is 313 g/mol. The van der Waals surface area contributed by atoms with E-state index in [1.807, 2.05) is 55.5 Å². The molecule has 2 heterocycles. The number of rotatable bonds is 2. The van der Waals surface area contributed by atoms with Gasteiger partial charge in [-0.3, -0.25) is 9.78 Å². The number of hydrogen-bond acceptors (Lipinski definition) is 3. The van der Waals surface area contributed by atoms with Crippen LogP contribution in [0.3, 0.4) is 0 Å². The molecule has 0 aliphatic carbocycles. The number of anilines is 1. The molecule has 24 heavy (non-hydrogen) atoms. The molecule has 4 nitrogen and oxygen atoms in total. The summed E-state index contributed by atoms with van der Waals surface area (Å²) in [5.74, 6) is 5.84. The van der Waals surface area contributed by atoms with Crippen LogP contribution in [0.1, 0.15) is 27.3 Å². The number of nitrogens with one attached hydrogen (secondary N) is 1. The zero-order chi connectivity index (χ0) is 16.8. The highest BCUT2D eigenvalue weighted by molar-refractivity contribution is 6.04. The van der Waals surface area contributed by atoms with Gasteiger partial charge in [-0.1, -0.05) is 18.1 Å². The third-order valence-corrected chi connectivity index (χ3v) is 3.29. The molecule has 116 valence electrons. The Balaban J connectivity index is 1.75. The van der Waals surface area contributed by atoms with Crippen molar-refractivity contribution >= 4 is 11.6 Å². The van der Waals surface area contributed by atoms with Crippen molar-refractivity contribution in [3.63, 3.8) is 0 Å². The summed E-state index contributed by atoms with van der Waals surface area (Å²) in [5, 5.41) is 2.85. The number of benzene rings is 1. The van der Waals surface area contributed by atoms with Crippen LogP contribution >= 0.6 is 0 Å². The largest absolute Gasteiger partial charge is 0.322 e. The molecule has 4 heteroatoms. The van der Waals surface area contributed by atoms with E-state index in [0.29, 0.717) is 16.9 Å². The Kier molecular flexibility index (Phi) is 4.64. The molecule has 0 atom stereocenters. The normalized spacial score (nSPS) is 9.71. The van der Waals surface area contributed by atoms with Crippen LogP contribution in [0.5, 0.6) is 0 Å². The number of aromatic nitrogens is 2. The number of amides is 1. The molecule has 0 radical (unpaired) electrons. The highest BCUT2D eigenvalue weighted by Gasteiger charge is 2.06. The Morgan fingerprint density at radius 1 is 1.00 bits per heavy atom. The molecule has 0 fully saturated rings. The van der Waals surface area contributed by atoms with Crippen molar-refractivity contribution in [2.24, 2.45) is 0 Å². The Morgan fingerprint density at radius 2 is 1.92 bits per heavy atom. The molecule has 2 aromatic heterocycles. The summed E-state index contributed by atoms with van der Waals surface area (Å²) in [6, 6.07) is 16.5. The van der Waals surface area contributed by atoms with Crippen molar-refractivity contribution in [3.8, 4) is 11.8 Å². The highest BCUT2D eigenvalue weighted by atomic mass is 16.1. The van der Waals surface area contributed by atoms with Gasteiger partial charge in [-0.2, -0.15) is 0 Å². The second-order valence-corrected chi connectivity index (χ2v) is 5.19. The molecule has 0 aliphatic heterocycles. The van der Waals surface area contributed by atoms with Crippen LogP contribution in [0.15, 0.2) is 67.0 Å². The van der Waals surface area contributed by atoms with Gasteiger partial charge in [0.2, 0.25) is 0 Å². The molecule has 0 spiro atoms. The first kappa shape index (κ1) is 15.4. The molecule has 0 saturated carbocycles. The van der Waals surface area contributed by atoms with E-state index in [1.54, 1.807) is 18.5 Å². The second kappa shape index (κ2) is 7.21. The molecule has 1 aromatic carbocycles. The van der Waals surface area contributed by atoms with Crippen molar-refractivity contribution in [1.82, 2.24) is 9.97 Å². The van der Waals surface area contributed by atoms with E-state index in [1.165, 1.54) is 0 Å². The fourth-order valence-corrected chi connectivity index (χ4v) is 2.05. The molecule has 0 aliphatic rings. The van der Waals surface area contributed by atoms with Crippen molar-refractivity contribution in [3.05, 3.63) is 89.5 Å². The SMILES string of the molecule is Cc1ccc(C(=O)Nc2cccc(C#Cc3ccccn3)c2)cn1. The first-order valence-corrected chi connectivity index (χ1v) is 7.48. The van der Waals surface area contributed by atoms with Gasteiger partial charge in [0, 0.05) is 29.3 Å². The summed E-state index contributed by atoms with van der Waals surface area (Å²) in [6.07, 6.45) is 3.27. The van der Waals surface area contributed by atoms with Crippen LogP contribution in [0.25, 0.3) is 0 Å². The fourth-order valence-electron chi connectivity index (χ4n) is 2.05. The van der Waals surface area contributed by atoms with Gasteiger partial charge in [0.15, 0.2) is 0 Å². The maximum atomic E-state index is 12.2. The lowest BCUT2D eigenvalue weighted by molar-refractivity contribution is 0.102. The summed E-state index contributed by atoms with van der Waals surface area (Å²) < 4.78 is 0. The third-order valence-electron chi connectivity index (χ3n) is 3.29. The van der Waals surface area contributed by atoms with E-state index in [-0.39, 0.29) is 5.91 Å². The van der Waals surface area contributed by atoms with Gasteiger partial charge in [-0.25, -0.2) is 4.98 Å². The van der Waals surface area contributed by atoms with Crippen LogP contribution in [-0.4, -0.2) is 15.9 Å². The lowest BCUT2D eigenvalue weighted by atomic mass is 10.2. The quantitative estimate of drug-likeness (QED) is 0.737. The minimum absolute atomic E-state index is 0.197. The zero-order valence-electron chi connectivity index (χ0n) is 13.2. The Bertz CT molecular complexity index is 907. The van der Waals surface area contributed by atoms with E-state index in [9.17, 15) is 4.79 Å². The van der Waals surface area contributed by atoms with Gasteiger partial charge < -0.3 is 5.32 Å². The molecule has 1 N–H and O–H groups in total. The average Bonchev–Trinajstić information content (AvgIpc) is 2.62. The average molecular weight is 313 g/mol. The summed E-state index contributed by atoms with van der Waals surface area (Å²) in [7, 11) is 0. The minimum atomic E-state index is -0.197. The van der Waals surface area contributed by atoms with E-state index in [0.717, 1.165) is 11.3 Å². The van der Waals surface area contributed by atoms with E-state index < -0.39 is 0 Å². The summed E-state index contributed by atoms with van der Waals surface area (Å²) in [6.45, 7) is 1.88. The maximum absolute atomic E-state index is 12.2. The molecular formula is C20H15N3O. The number of pyridine rings is 2. The van der Waals surface area contributed by atoms with Gasteiger partial charge in [0.1, 0.15) is 5.69 Å². The fraction of sp³-hybridized carbons (Fsp3) is 0.0500. The maximum Gasteiger partial charge on any atom is 0.257 e. The van der Waals surface area contributed by atoms with E-state index >= 15 is 0 Å². The topological polar surface area (TPSA) is 54.9 Å². The van der Waals surface area contributed by atoms with Crippen molar-refractivity contribution in [2.75, 3.05) is 5.32 Å². The second-order valence-electron chi connectivity index (χ2n) is 5.19. The molecule has 1 amide bonds. The van der Waals surface area contributed by atoms with Gasteiger partial charge >= 0.3 is 0 Å². The smallest absolute Gasteiger partial charge is 0.257 e. The van der Waals surface area contributed by atoms with Crippen LogP contribution in [-0.2, 0) is 0 Å². The molecule has 0 saturated heterocycles. The lowest BCUT2D eigenvalue weighted by Crippen LogP contribution is -2.12. The lowest BCUT2D eigenvalue weighted by Gasteiger charge is -2.05. The minimum Gasteiger partial charge on any atom is -0.322 e. The third kappa shape index (κ3) is 4.05. The molecule has 3 aromatic rings. The van der Waals surface area contributed by atoms with Gasteiger partial charge in [0.25, 0.3) is 5.91 Å². The predicted molar refractivity (Wildman–Crippen MR) is 93.6 cm³/mol. The highest BCUT2D eigenvalue weighted by Crippen LogP contribution is 2.12. The summed E-state index contributed by atoms with van der Waals surface area (Å²) in [5.41, 5.74) is 3.59. The standard InChI is InChI=1S/C20H15N3O/c1-15-8-10-17(14-22-15)20(24)23-19-7-4-5-16(13-19)9-11-18-6-2-3-12-21-18/h2-8,10,12-14H,1H3,(H,23,24). The van der Waals surface area contributed by atoms with Gasteiger partial charge in [-0.15, -0.1) is 0 Å². The van der Waals surface area contributed by atoms with E-state index in [2.05, 4.69) is 27.1 Å². The number of carbonyl (C=O) groups is 1. The van der Waals surface area contributed by atoms with Crippen molar-refractivity contribution < 1.29 is 4.79 Å². The van der Waals surface area contributed by atoms with Crippen molar-refractivity contribution in [1.29, 1.82) is 0 Å². The Labute approximate surface area is 140 Å². The summed E-state index contributed by atoms with van der Waals surface area (Å²) >= 11 is 0. The molecule has 0 unspecified atom stereocenters. The predicted octanol–water partition coefficient (Wildman–Crippen LogP) is 3.44. The van der Waals surface area contributed by atoms with Gasteiger partial charge in [0.05, 0.1) is 5.56 Å². The van der Waals surface area contributed by atoms with Crippen molar-refractivity contribution in [2.45, 2.75) is 6.92 Å². The molecular weight excluding hydrogens is 298 g/mol.